The van der Waals surface area contributed by atoms with Gasteiger partial charge >= 0.3 is 35.9 Å². The molecule has 20 nitrogen and oxygen atoms in total. The van der Waals surface area contributed by atoms with Crippen molar-refractivity contribution in [3.63, 3.8) is 0 Å². The molecule has 2 saturated heterocycles. The summed E-state index contributed by atoms with van der Waals surface area (Å²) in [5, 5.41) is 16.0. The third-order valence-corrected chi connectivity index (χ3v) is 13.7. The van der Waals surface area contributed by atoms with Crippen molar-refractivity contribution in [2.75, 3.05) is 32.8 Å². The molecule has 0 bridgehead atoms. The molecule has 2 saturated carbocycles. The van der Waals surface area contributed by atoms with Gasteiger partial charge in [-0.1, -0.05) is 115 Å². The van der Waals surface area contributed by atoms with Crippen molar-refractivity contribution in [2.24, 2.45) is 29.6 Å². The second kappa shape index (κ2) is 33.3. The zero-order valence-electron chi connectivity index (χ0n) is 48.3. The van der Waals surface area contributed by atoms with Crippen molar-refractivity contribution < 1.29 is 71.9 Å². The molecular weight excluding hydrogens is 1170 g/mol. The zero-order chi connectivity index (χ0) is 61.0. The summed E-state index contributed by atoms with van der Waals surface area (Å²) in [6, 6.07) is -2.52. The smallest absolute Gasteiger partial charge is 0.408 e. The number of carbonyl (C=O) groups is 9. The Bertz CT molecular complexity index is 2060. The predicted octanol–water partition coefficient (Wildman–Crippen LogP) is 9.88. The standard InChI is InChI=1S/C23H37Cl3N4O6.C17H26Cl3NO5.C14H24O4/c1-14(19(32)30-12-8-11-16(29-30)20(33)35-13-23(24,25)26)27-18(31)17(15-9-6-5-7-10-15)28-21(34)36-22(2,3)4;1-11(8-13(22)26-16(2,3)4)14(23)21-7-5-6-12(9-21)15(24)25-10-17(18,19)20;1-14(2,3)18-12(15)9-11(13(16)17)10-7-5-4-6-8-10/h14-17,29H,5-13H2,1-4H3,(H,27,31)(H,28,34);11-12H,5-10H2,1-4H3;10-11H,4-9H2,1-3H3,(H,16,17)/t14-,16-,17-;11-,12-;11-/m010/s1. The topological polar surface area (TPSA) is 263 Å². The summed E-state index contributed by atoms with van der Waals surface area (Å²) in [5.74, 6) is -5.40. The minimum atomic E-state index is -1.74. The molecule has 4 amide bonds. The fourth-order valence-corrected chi connectivity index (χ4v) is 9.82. The van der Waals surface area contributed by atoms with Crippen LogP contribution in [0, 0.1) is 29.6 Å². The van der Waals surface area contributed by atoms with Crippen molar-refractivity contribution in [2.45, 2.75) is 221 Å². The number of likely N-dealkylation sites (tertiary alicyclic amines) is 1. The van der Waals surface area contributed by atoms with Gasteiger partial charge in [-0.15, -0.1) is 0 Å². The lowest BCUT2D eigenvalue weighted by Crippen LogP contribution is -2.61. The number of nitrogens with one attached hydrogen (secondary N) is 3. The first-order valence-electron chi connectivity index (χ1n) is 27.5. The van der Waals surface area contributed by atoms with Crippen molar-refractivity contribution in [3.05, 3.63) is 0 Å². The first-order valence-corrected chi connectivity index (χ1v) is 29.8. The SMILES string of the molecule is CC(C)(C)OC(=O)C[C@H](C(=O)O)C1CCCCC1.C[C@H](CC(=O)OC(C)(C)C)C(=O)N1CCC[C@@H](C(=O)OCC(Cl)(Cl)Cl)C1.C[C@H](NC(=O)[C@@H](NC(=O)OC(C)(C)C)C1CCCCC1)C(=O)N1CCC[C@@H](C(=O)OCC(Cl)(Cl)Cl)N1. The molecule has 26 heteroatoms. The van der Waals surface area contributed by atoms with E-state index < -0.39 is 115 Å². The van der Waals surface area contributed by atoms with Crippen LogP contribution in [0.1, 0.15) is 179 Å². The van der Waals surface area contributed by atoms with Gasteiger partial charge in [0.25, 0.3) is 5.91 Å². The van der Waals surface area contributed by atoms with Crippen LogP contribution in [0.5, 0.6) is 0 Å². The molecule has 4 aliphatic rings. The molecule has 80 heavy (non-hydrogen) atoms. The van der Waals surface area contributed by atoms with Gasteiger partial charge in [0.1, 0.15) is 48.1 Å². The van der Waals surface area contributed by atoms with Gasteiger partial charge in [0.05, 0.1) is 24.7 Å². The number of alkyl halides is 6. The number of hydrogen-bond acceptors (Lipinski definition) is 15. The van der Waals surface area contributed by atoms with Gasteiger partial charge in [-0.25, -0.2) is 10.2 Å². The summed E-state index contributed by atoms with van der Waals surface area (Å²) in [6.07, 6.45) is 11.3. The zero-order valence-corrected chi connectivity index (χ0v) is 52.8. The van der Waals surface area contributed by atoms with E-state index in [1.807, 2.05) is 0 Å². The number of piperidine rings is 1. The average Bonchev–Trinajstić information content (AvgIpc) is 3.34. The number of hydrogen-bond donors (Lipinski definition) is 4. The molecule has 460 valence electrons. The quantitative estimate of drug-likeness (QED) is 0.0636. The van der Waals surface area contributed by atoms with Gasteiger partial charge in [0.2, 0.25) is 19.4 Å². The minimum Gasteiger partial charge on any atom is -0.481 e. The van der Waals surface area contributed by atoms with Gasteiger partial charge in [-0.05, 0) is 132 Å². The maximum atomic E-state index is 13.2. The lowest BCUT2D eigenvalue weighted by atomic mass is 9.78. The number of rotatable bonds is 16. The number of carboxylic acid groups (broad SMARTS) is 1. The third-order valence-electron chi connectivity index (χ3n) is 13.0. The Kier molecular flexibility index (Phi) is 30.3. The number of hydrazine groups is 1. The highest BCUT2D eigenvalue weighted by Gasteiger charge is 2.39. The van der Waals surface area contributed by atoms with E-state index in [2.05, 4.69) is 16.1 Å². The first kappa shape index (κ1) is 72.8. The molecule has 6 atom stereocenters. The van der Waals surface area contributed by atoms with Crippen molar-refractivity contribution in [1.82, 2.24) is 26.0 Å². The van der Waals surface area contributed by atoms with Gasteiger partial charge in [0.15, 0.2) is 0 Å². The predicted molar refractivity (Wildman–Crippen MR) is 305 cm³/mol. The number of nitrogens with zero attached hydrogens (tertiary/aromatic N) is 2. The Morgan fingerprint density at radius 2 is 1.05 bits per heavy atom. The summed E-state index contributed by atoms with van der Waals surface area (Å²) in [6.45, 7) is 19.5. The molecule has 0 aromatic carbocycles. The monoisotopic (exact) mass is 1260 g/mol. The minimum absolute atomic E-state index is 0.00271. The number of alkyl carbamates (subject to hydrolysis) is 1. The van der Waals surface area contributed by atoms with Gasteiger partial charge in [-0.2, -0.15) is 0 Å². The second-order valence-electron chi connectivity index (χ2n) is 24.0. The summed E-state index contributed by atoms with van der Waals surface area (Å²) in [4.78, 5) is 112. The number of carboxylic acids is 1. The van der Waals surface area contributed by atoms with Crippen LogP contribution in [0.2, 0.25) is 0 Å². The van der Waals surface area contributed by atoms with Crippen LogP contribution in [-0.2, 0) is 62.0 Å². The molecule has 4 N–H and O–H groups in total. The highest BCUT2D eigenvalue weighted by molar-refractivity contribution is 6.68. The number of carbonyl (C=O) groups excluding carboxylic acids is 8. The molecule has 2 aliphatic heterocycles. The fourth-order valence-electron chi connectivity index (χ4n) is 9.49. The van der Waals surface area contributed by atoms with Gasteiger partial charge in [0, 0.05) is 25.6 Å². The molecule has 4 fully saturated rings. The van der Waals surface area contributed by atoms with E-state index in [-0.39, 0.29) is 43.7 Å². The van der Waals surface area contributed by atoms with Crippen molar-refractivity contribution in [1.29, 1.82) is 0 Å². The molecule has 2 heterocycles. The molecule has 0 radical (unpaired) electrons. The van der Waals surface area contributed by atoms with Crippen LogP contribution in [0.3, 0.4) is 0 Å². The molecule has 0 spiro atoms. The summed E-state index contributed by atoms with van der Waals surface area (Å²) in [5.41, 5.74) is 0.978. The van der Waals surface area contributed by atoms with Crippen LogP contribution < -0.4 is 16.1 Å². The van der Waals surface area contributed by atoms with Crippen LogP contribution in [0.15, 0.2) is 0 Å². The Morgan fingerprint density at radius 3 is 1.54 bits per heavy atom. The van der Waals surface area contributed by atoms with Gasteiger partial charge in [-0.3, -0.25) is 43.4 Å². The van der Waals surface area contributed by atoms with E-state index in [9.17, 15) is 48.3 Å². The van der Waals surface area contributed by atoms with Crippen LogP contribution in [-0.4, -0.2) is 144 Å². The maximum absolute atomic E-state index is 13.2. The second-order valence-corrected chi connectivity index (χ2v) is 29.0. The summed E-state index contributed by atoms with van der Waals surface area (Å²) < 4.78 is 22.4. The molecule has 0 unspecified atom stereocenters. The van der Waals surface area contributed by atoms with E-state index in [1.165, 1.54) is 11.4 Å². The van der Waals surface area contributed by atoms with Crippen LogP contribution in [0.4, 0.5) is 4.79 Å². The number of aliphatic carboxylic acids is 1. The van der Waals surface area contributed by atoms with E-state index >= 15 is 0 Å². The Labute approximate surface area is 502 Å². The fraction of sp³-hybridized carbons (Fsp3) is 0.833. The van der Waals surface area contributed by atoms with Crippen molar-refractivity contribution in [3.8, 4) is 0 Å². The van der Waals surface area contributed by atoms with Crippen molar-refractivity contribution >= 4 is 123 Å². The molecule has 2 aliphatic carbocycles. The molecule has 0 aromatic heterocycles. The third kappa shape index (κ3) is 30.3. The van der Waals surface area contributed by atoms with E-state index in [0.717, 1.165) is 57.8 Å². The highest BCUT2D eigenvalue weighted by Crippen LogP contribution is 2.33. The highest BCUT2D eigenvalue weighted by atomic mass is 35.6. The van der Waals surface area contributed by atoms with Gasteiger partial charge < -0.3 is 44.3 Å². The largest absolute Gasteiger partial charge is 0.481 e. The number of esters is 4. The van der Waals surface area contributed by atoms with E-state index in [1.54, 1.807) is 81.1 Å². The number of halogens is 6. The molecule has 0 aromatic rings. The Balaban J connectivity index is 0.000000435. The number of amides is 4. The lowest BCUT2D eigenvalue weighted by Gasteiger charge is -2.35. The average molecular weight is 1260 g/mol. The molecular formula is C54H87Cl6N5O15. The molecule has 4 rings (SSSR count). The van der Waals surface area contributed by atoms with Crippen LogP contribution >= 0.6 is 69.6 Å². The number of ether oxygens (including phenoxy) is 5. The van der Waals surface area contributed by atoms with E-state index in [0.29, 0.717) is 38.8 Å². The van der Waals surface area contributed by atoms with E-state index in [4.69, 9.17) is 93.3 Å². The lowest BCUT2D eigenvalue weighted by molar-refractivity contribution is -0.161. The Morgan fingerprint density at radius 1 is 0.575 bits per heavy atom. The maximum Gasteiger partial charge on any atom is 0.408 e. The summed E-state index contributed by atoms with van der Waals surface area (Å²) in [7, 11) is 0. The normalized spacial score (nSPS) is 20.3. The summed E-state index contributed by atoms with van der Waals surface area (Å²) >= 11 is 33.6. The van der Waals surface area contributed by atoms with Crippen LogP contribution in [0.25, 0.3) is 0 Å². The first-order chi connectivity index (χ1) is 36.7. The Hall–Kier alpha value is -3.27.